The number of aliphatic hydroxyl groups excluding tert-OH is 1. The molecule has 7 rings (SSSR count). The summed E-state index contributed by atoms with van der Waals surface area (Å²) in [5, 5.41) is 13.6. The first-order chi connectivity index (χ1) is 19.1. The fraction of sp³-hybridized carbons (Fsp3) is 0.645. The molecule has 2 saturated carbocycles. The van der Waals surface area contributed by atoms with E-state index in [1.54, 1.807) is 12.4 Å². The van der Waals surface area contributed by atoms with Gasteiger partial charge in [0.15, 0.2) is 5.82 Å². The fourth-order valence-corrected chi connectivity index (χ4v) is 8.48. The number of aromatic nitrogens is 2. The van der Waals surface area contributed by atoms with Crippen molar-refractivity contribution >= 4 is 11.6 Å². The van der Waals surface area contributed by atoms with Crippen LogP contribution in [-0.4, -0.2) is 45.2 Å². The fourth-order valence-electron chi connectivity index (χ4n) is 8.48. The molecule has 3 aliphatic heterocycles. The summed E-state index contributed by atoms with van der Waals surface area (Å²) in [4.78, 5) is 25.2. The molecule has 39 heavy (non-hydrogen) atoms. The predicted molar refractivity (Wildman–Crippen MR) is 149 cm³/mol. The lowest BCUT2D eigenvalue weighted by molar-refractivity contribution is -0.127. The van der Waals surface area contributed by atoms with E-state index >= 15 is 0 Å². The second-order valence-electron chi connectivity index (χ2n) is 12.7. The number of carbonyl (C=O) groups is 1. The van der Waals surface area contributed by atoms with Crippen molar-refractivity contribution in [2.45, 2.75) is 107 Å². The normalized spacial score (nSPS) is 35.1. The van der Waals surface area contributed by atoms with Gasteiger partial charge in [-0.3, -0.25) is 10.2 Å². The van der Waals surface area contributed by atoms with Gasteiger partial charge < -0.3 is 15.3 Å². The lowest BCUT2D eigenvalue weighted by Gasteiger charge is -2.39. The molecule has 8 heteroatoms. The Labute approximate surface area is 231 Å². The largest absolute Gasteiger partial charge is 0.393 e. The van der Waals surface area contributed by atoms with Crippen LogP contribution in [0.4, 0.5) is 5.69 Å². The highest BCUT2D eigenvalue weighted by Crippen LogP contribution is 2.43. The average molecular weight is 531 g/mol. The zero-order chi connectivity index (χ0) is 26.3. The molecule has 2 aliphatic carbocycles. The maximum atomic E-state index is 13.6. The van der Waals surface area contributed by atoms with Crippen LogP contribution < -0.4 is 21.1 Å². The van der Waals surface area contributed by atoms with Crippen LogP contribution in [0.2, 0.25) is 0 Å². The number of hydrogen-bond donors (Lipinski definition) is 4. The van der Waals surface area contributed by atoms with E-state index in [-0.39, 0.29) is 30.0 Å². The van der Waals surface area contributed by atoms with Crippen molar-refractivity contribution in [2.75, 3.05) is 4.90 Å². The van der Waals surface area contributed by atoms with Crippen molar-refractivity contribution in [1.82, 2.24) is 26.1 Å². The zero-order valence-electron chi connectivity index (χ0n) is 22.7. The number of aliphatic hydroxyl groups is 1. The molecule has 5 aliphatic rings. The maximum absolute atomic E-state index is 13.6. The third-order valence-electron chi connectivity index (χ3n) is 10.4. The van der Waals surface area contributed by atoms with Crippen LogP contribution in [0.25, 0.3) is 0 Å². The third-order valence-corrected chi connectivity index (χ3v) is 10.4. The minimum Gasteiger partial charge on any atom is -0.393 e. The van der Waals surface area contributed by atoms with Crippen molar-refractivity contribution in [3.63, 3.8) is 0 Å². The van der Waals surface area contributed by atoms with Gasteiger partial charge in [0.25, 0.3) is 0 Å². The second-order valence-corrected chi connectivity index (χ2v) is 12.7. The summed E-state index contributed by atoms with van der Waals surface area (Å²) in [5.41, 5.74) is 9.68. The van der Waals surface area contributed by atoms with E-state index in [4.69, 9.17) is 0 Å². The number of anilines is 1. The molecule has 5 fully saturated rings. The Kier molecular flexibility index (Phi) is 7.03. The quantitative estimate of drug-likeness (QED) is 0.449. The summed E-state index contributed by atoms with van der Waals surface area (Å²) in [6, 6.07) is 12.4. The van der Waals surface area contributed by atoms with Crippen LogP contribution in [0.1, 0.15) is 94.1 Å². The Bertz CT molecular complexity index is 1130. The van der Waals surface area contributed by atoms with Gasteiger partial charge in [0.05, 0.1) is 18.2 Å². The third kappa shape index (κ3) is 4.96. The first kappa shape index (κ1) is 25.4. The zero-order valence-corrected chi connectivity index (χ0v) is 22.7. The highest BCUT2D eigenvalue weighted by Gasteiger charge is 2.44. The molecule has 2 bridgehead atoms. The standard InChI is InChI=1S/C31H42N6O2/c38-25-17-23-11-12-24(18-25)37(23)22-9-6-20(7-10-22)28-26-16-21(8-13-27(26)35-36-28)31(39)34-29(19-4-1-2-5-19)30-32-14-3-15-33-30/h3,6-7,9-10,14-15,19,21,23-29,35-36,38H,1-2,4-5,8,11-13,16-18H2,(H,34,39)/t21?,23-,24-,26?,27?,28?,29+/m0/s1. The predicted octanol–water partition coefficient (Wildman–Crippen LogP) is 3.95. The van der Waals surface area contributed by atoms with Gasteiger partial charge in [0.1, 0.15) is 0 Å². The molecule has 1 amide bonds. The summed E-state index contributed by atoms with van der Waals surface area (Å²) in [5.74, 6) is 1.73. The number of piperidine rings is 1. The van der Waals surface area contributed by atoms with Gasteiger partial charge in [0, 0.05) is 42.1 Å². The van der Waals surface area contributed by atoms with Gasteiger partial charge in [-0.1, -0.05) is 25.0 Å². The highest BCUT2D eigenvalue weighted by molar-refractivity contribution is 5.79. The second kappa shape index (κ2) is 10.8. The molecular weight excluding hydrogens is 488 g/mol. The van der Waals surface area contributed by atoms with Crippen molar-refractivity contribution in [2.24, 2.45) is 17.8 Å². The molecule has 0 radical (unpaired) electrons. The molecule has 4 N–H and O–H groups in total. The van der Waals surface area contributed by atoms with Crippen LogP contribution in [0.3, 0.4) is 0 Å². The number of hydrazine groups is 1. The van der Waals surface area contributed by atoms with Gasteiger partial charge in [-0.2, -0.15) is 0 Å². The Morgan fingerprint density at radius 1 is 0.923 bits per heavy atom. The molecule has 1 aromatic heterocycles. The smallest absolute Gasteiger partial charge is 0.223 e. The van der Waals surface area contributed by atoms with Crippen molar-refractivity contribution in [1.29, 1.82) is 0 Å². The first-order valence-corrected chi connectivity index (χ1v) is 15.3. The molecule has 7 atom stereocenters. The van der Waals surface area contributed by atoms with E-state index < -0.39 is 0 Å². The highest BCUT2D eigenvalue weighted by atomic mass is 16.3. The monoisotopic (exact) mass is 530 g/mol. The van der Waals surface area contributed by atoms with Gasteiger partial charge >= 0.3 is 0 Å². The molecule has 0 spiro atoms. The Morgan fingerprint density at radius 2 is 1.64 bits per heavy atom. The van der Waals surface area contributed by atoms with Crippen LogP contribution in [0.15, 0.2) is 42.7 Å². The van der Waals surface area contributed by atoms with Crippen molar-refractivity contribution in [3.05, 3.63) is 54.1 Å². The lowest BCUT2D eigenvalue weighted by atomic mass is 9.74. The minimum absolute atomic E-state index is 0.0118. The SMILES string of the molecule is O=C(N[C@@H](c1ncccn1)C1CCCC1)C1CCC2NNC(c3ccc(N4[C@H]5CC[C@H]4CC(O)C5)cc3)C2C1. The number of rotatable bonds is 6. The summed E-state index contributed by atoms with van der Waals surface area (Å²) in [6.07, 6.45) is 15.0. The van der Waals surface area contributed by atoms with E-state index in [2.05, 4.69) is 55.3 Å². The average Bonchev–Trinajstić information content (AvgIpc) is 3.70. The van der Waals surface area contributed by atoms with Gasteiger partial charge in [0.2, 0.25) is 5.91 Å². The number of fused-ring (bicyclic) bond motifs is 3. The Balaban J connectivity index is 1.03. The van der Waals surface area contributed by atoms with E-state index in [1.165, 1.54) is 36.9 Å². The summed E-state index contributed by atoms with van der Waals surface area (Å²) in [6.45, 7) is 0. The summed E-state index contributed by atoms with van der Waals surface area (Å²) < 4.78 is 0. The molecule has 8 nitrogen and oxygen atoms in total. The summed E-state index contributed by atoms with van der Waals surface area (Å²) >= 11 is 0. The van der Waals surface area contributed by atoms with Crippen LogP contribution in [0, 0.1) is 17.8 Å². The van der Waals surface area contributed by atoms with Gasteiger partial charge in [-0.25, -0.2) is 15.4 Å². The van der Waals surface area contributed by atoms with Crippen LogP contribution in [0.5, 0.6) is 0 Å². The molecule has 2 aromatic rings. The van der Waals surface area contributed by atoms with E-state index in [1.807, 2.05) is 6.07 Å². The van der Waals surface area contributed by atoms with Crippen LogP contribution >= 0.6 is 0 Å². The molecular formula is C31H42N6O2. The number of amides is 1. The van der Waals surface area contributed by atoms with Crippen molar-refractivity contribution in [3.8, 4) is 0 Å². The molecule has 1 aromatic carbocycles. The van der Waals surface area contributed by atoms with Crippen molar-refractivity contribution < 1.29 is 9.90 Å². The van der Waals surface area contributed by atoms with E-state index in [9.17, 15) is 9.90 Å². The first-order valence-electron chi connectivity index (χ1n) is 15.3. The van der Waals surface area contributed by atoms with E-state index in [0.29, 0.717) is 30.0 Å². The maximum Gasteiger partial charge on any atom is 0.223 e. The number of carbonyl (C=O) groups excluding carboxylic acids is 1. The van der Waals surface area contributed by atoms with E-state index in [0.717, 1.165) is 50.8 Å². The number of benzene rings is 1. The topological polar surface area (TPSA) is 102 Å². The molecule has 208 valence electrons. The number of hydrogen-bond acceptors (Lipinski definition) is 7. The lowest BCUT2D eigenvalue weighted by Crippen LogP contribution is -2.44. The molecule has 3 saturated heterocycles. The number of nitrogens with one attached hydrogen (secondary N) is 3. The van der Waals surface area contributed by atoms with Crippen LogP contribution in [-0.2, 0) is 4.79 Å². The molecule has 4 heterocycles. The number of nitrogens with zero attached hydrogens (tertiary/aromatic N) is 3. The Morgan fingerprint density at radius 3 is 2.36 bits per heavy atom. The minimum atomic E-state index is -0.145. The molecule has 4 unspecified atom stereocenters. The Hall–Kier alpha value is -2.55. The van der Waals surface area contributed by atoms with Gasteiger partial charge in [-0.15, -0.1) is 0 Å². The summed E-state index contributed by atoms with van der Waals surface area (Å²) in [7, 11) is 0. The van der Waals surface area contributed by atoms with Gasteiger partial charge in [-0.05, 0) is 93.4 Å².